The van der Waals surface area contributed by atoms with Gasteiger partial charge in [-0.05, 0) is 31.0 Å². The van der Waals surface area contributed by atoms with Crippen LogP contribution in [0.3, 0.4) is 0 Å². The van der Waals surface area contributed by atoms with Crippen LogP contribution in [-0.2, 0) is 9.59 Å². The molecule has 37 heavy (non-hydrogen) atoms. The van der Waals surface area contributed by atoms with Gasteiger partial charge in [0.2, 0.25) is 11.8 Å². The Kier molecular flexibility index (Phi) is 17.0. The van der Waals surface area contributed by atoms with Crippen molar-refractivity contribution in [2.24, 2.45) is 0 Å². The SMILES string of the molecule is CCCCCCCCCNC(=O)CC(Sc1nc2ccc(Cl)cc2s1)C(=O)NCCCCCCCCC. The second kappa shape index (κ2) is 19.7. The molecule has 5 nitrogen and oxygen atoms in total. The van der Waals surface area contributed by atoms with Gasteiger partial charge in [-0.1, -0.05) is 114 Å². The van der Waals surface area contributed by atoms with Gasteiger partial charge >= 0.3 is 0 Å². The summed E-state index contributed by atoms with van der Waals surface area (Å²) in [5, 5.41) is 6.26. The van der Waals surface area contributed by atoms with Crippen LogP contribution in [0.25, 0.3) is 10.2 Å². The molecule has 2 aromatic rings. The Balaban J connectivity index is 1.83. The summed E-state index contributed by atoms with van der Waals surface area (Å²) in [6.07, 6.45) is 17.0. The summed E-state index contributed by atoms with van der Waals surface area (Å²) in [4.78, 5) is 30.4. The highest BCUT2D eigenvalue weighted by molar-refractivity contribution is 8.02. The third kappa shape index (κ3) is 13.9. The van der Waals surface area contributed by atoms with Crippen molar-refractivity contribution in [2.75, 3.05) is 13.1 Å². The summed E-state index contributed by atoms with van der Waals surface area (Å²) in [7, 11) is 0. The van der Waals surface area contributed by atoms with E-state index in [2.05, 4.69) is 29.5 Å². The number of hydrogen-bond donors (Lipinski definition) is 2. The van der Waals surface area contributed by atoms with Crippen molar-refractivity contribution in [1.82, 2.24) is 15.6 Å². The van der Waals surface area contributed by atoms with E-state index in [0.717, 1.165) is 40.2 Å². The maximum Gasteiger partial charge on any atom is 0.234 e. The standard InChI is InChI=1S/C29H46ClN3O2S2/c1-3-5-7-9-11-13-15-19-31-27(34)22-26(28(35)32-20-16-14-12-10-8-6-4-2)37-29-33-24-18-17-23(30)21-25(24)36-29/h17-18,21,26H,3-16,19-20,22H2,1-2H3,(H,31,34)(H,32,35). The monoisotopic (exact) mass is 567 g/mol. The van der Waals surface area contributed by atoms with Crippen molar-refractivity contribution in [1.29, 1.82) is 0 Å². The Morgan fingerprint density at radius 1 is 0.865 bits per heavy atom. The van der Waals surface area contributed by atoms with Gasteiger partial charge in [-0.25, -0.2) is 4.98 Å². The third-order valence-electron chi connectivity index (χ3n) is 6.42. The van der Waals surface area contributed by atoms with E-state index in [9.17, 15) is 9.59 Å². The summed E-state index contributed by atoms with van der Waals surface area (Å²) in [5.74, 6) is -0.155. The number of benzene rings is 1. The molecule has 0 aliphatic heterocycles. The molecule has 0 spiro atoms. The fraction of sp³-hybridized carbons (Fsp3) is 0.690. The average molecular weight is 568 g/mol. The zero-order valence-corrected chi connectivity index (χ0v) is 25.2. The van der Waals surface area contributed by atoms with E-state index in [1.54, 1.807) is 0 Å². The molecule has 2 rings (SSSR count). The molecule has 0 radical (unpaired) electrons. The summed E-state index contributed by atoms with van der Waals surface area (Å²) in [6, 6.07) is 5.60. The lowest BCUT2D eigenvalue weighted by molar-refractivity contribution is -0.125. The minimum atomic E-state index is -0.505. The summed E-state index contributed by atoms with van der Waals surface area (Å²) >= 11 is 9.02. The number of unbranched alkanes of at least 4 members (excludes halogenated alkanes) is 12. The second-order valence-corrected chi connectivity index (χ2v) is 12.7. The molecule has 1 aromatic heterocycles. The Morgan fingerprint density at radius 3 is 2.05 bits per heavy atom. The molecular weight excluding hydrogens is 522 g/mol. The molecular formula is C29H46ClN3O2S2. The van der Waals surface area contributed by atoms with E-state index in [1.807, 2.05) is 18.2 Å². The summed E-state index contributed by atoms with van der Waals surface area (Å²) in [5.41, 5.74) is 0.863. The number of thiazole rings is 1. The number of amides is 2. The molecule has 0 saturated heterocycles. The topological polar surface area (TPSA) is 71.1 Å². The molecule has 1 heterocycles. The highest BCUT2D eigenvalue weighted by Gasteiger charge is 2.24. The van der Waals surface area contributed by atoms with Gasteiger partial charge in [-0.15, -0.1) is 11.3 Å². The number of hydrogen-bond acceptors (Lipinski definition) is 5. The van der Waals surface area contributed by atoms with Crippen LogP contribution in [0.15, 0.2) is 22.5 Å². The number of halogens is 1. The number of carbonyl (C=O) groups excluding carboxylic acids is 2. The maximum atomic E-state index is 13.1. The summed E-state index contributed by atoms with van der Waals surface area (Å²) < 4.78 is 1.77. The lowest BCUT2D eigenvalue weighted by atomic mass is 10.1. The van der Waals surface area contributed by atoms with Crippen LogP contribution in [0.1, 0.15) is 110 Å². The first kappa shape index (κ1) is 31.9. The van der Waals surface area contributed by atoms with Crippen molar-refractivity contribution >= 4 is 56.7 Å². The lowest BCUT2D eigenvalue weighted by Crippen LogP contribution is -2.37. The van der Waals surface area contributed by atoms with Crippen molar-refractivity contribution in [3.05, 3.63) is 23.2 Å². The Morgan fingerprint density at radius 2 is 1.43 bits per heavy atom. The van der Waals surface area contributed by atoms with Crippen LogP contribution < -0.4 is 10.6 Å². The first-order chi connectivity index (χ1) is 18.0. The van der Waals surface area contributed by atoms with Gasteiger partial charge in [-0.2, -0.15) is 0 Å². The highest BCUT2D eigenvalue weighted by atomic mass is 35.5. The zero-order chi connectivity index (χ0) is 26.7. The average Bonchev–Trinajstić information content (AvgIpc) is 3.28. The van der Waals surface area contributed by atoms with Crippen molar-refractivity contribution in [3.63, 3.8) is 0 Å². The first-order valence-corrected chi connectivity index (χ1v) is 16.4. The molecule has 1 atom stereocenters. The fourth-order valence-electron chi connectivity index (χ4n) is 4.20. The molecule has 0 fully saturated rings. The predicted octanol–water partition coefficient (Wildman–Crippen LogP) is 8.53. The molecule has 2 N–H and O–H groups in total. The number of carbonyl (C=O) groups is 2. The molecule has 208 valence electrons. The second-order valence-electron chi connectivity index (χ2n) is 9.79. The van der Waals surface area contributed by atoms with Gasteiger partial charge < -0.3 is 10.6 Å². The quantitative estimate of drug-likeness (QED) is 0.117. The van der Waals surface area contributed by atoms with Gasteiger partial charge in [-0.3, -0.25) is 9.59 Å². The lowest BCUT2D eigenvalue weighted by Gasteiger charge is -2.15. The predicted molar refractivity (Wildman–Crippen MR) is 161 cm³/mol. The molecule has 0 bridgehead atoms. The maximum absolute atomic E-state index is 13.1. The number of nitrogens with zero attached hydrogens (tertiary/aromatic N) is 1. The van der Waals surface area contributed by atoms with Crippen LogP contribution >= 0.6 is 34.7 Å². The Hall–Kier alpha value is -1.31. The number of rotatable bonds is 21. The van der Waals surface area contributed by atoms with E-state index in [-0.39, 0.29) is 18.2 Å². The van der Waals surface area contributed by atoms with Gasteiger partial charge in [0.15, 0.2) is 4.34 Å². The van der Waals surface area contributed by atoms with Crippen LogP contribution in [0.4, 0.5) is 0 Å². The molecule has 0 aliphatic rings. The van der Waals surface area contributed by atoms with E-state index in [0.29, 0.717) is 18.1 Å². The largest absolute Gasteiger partial charge is 0.356 e. The van der Waals surface area contributed by atoms with Gasteiger partial charge in [0.1, 0.15) is 0 Å². The normalized spacial score (nSPS) is 12.1. The molecule has 8 heteroatoms. The van der Waals surface area contributed by atoms with Crippen LogP contribution in [0, 0.1) is 0 Å². The number of fused-ring (bicyclic) bond motifs is 1. The number of aromatic nitrogens is 1. The van der Waals surface area contributed by atoms with Crippen LogP contribution in [0.5, 0.6) is 0 Å². The van der Waals surface area contributed by atoms with E-state index < -0.39 is 5.25 Å². The third-order valence-corrected chi connectivity index (χ3v) is 8.96. The van der Waals surface area contributed by atoms with E-state index >= 15 is 0 Å². The highest BCUT2D eigenvalue weighted by Crippen LogP contribution is 2.34. The van der Waals surface area contributed by atoms with Crippen LogP contribution in [0.2, 0.25) is 5.02 Å². The molecule has 0 saturated carbocycles. The van der Waals surface area contributed by atoms with E-state index in [4.69, 9.17) is 11.6 Å². The van der Waals surface area contributed by atoms with Gasteiger partial charge in [0, 0.05) is 24.5 Å². The zero-order valence-electron chi connectivity index (χ0n) is 22.8. The Bertz CT molecular complexity index is 922. The molecule has 0 aliphatic carbocycles. The molecule has 1 aromatic carbocycles. The number of nitrogens with one attached hydrogen (secondary N) is 2. The van der Waals surface area contributed by atoms with E-state index in [1.165, 1.54) is 87.3 Å². The van der Waals surface area contributed by atoms with Crippen molar-refractivity contribution in [3.8, 4) is 0 Å². The smallest absolute Gasteiger partial charge is 0.234 e. The minimum absolute atomic E-state index is 0.0706. The molecule has 2 amide bonds. The molecule has 1 unspecified atom stereocenters. The number of thioether (sulfide) groups is 1. The fourth-order valence-corrected chi connectivity index (χ4v) is 6.80. The summed E-state index contributed by atoms with van der Waals surface area (Å²) in [6.45, 7) is 5.77. The Labute approximate surface area is 237 Å². The van der Waals surface area contributed by atoms with Crippen molar-refractivity contribution in [2.45, 2.75) is 120 Å². The first-order valence-electron chi connectivity index (χ1n) is 14.3. The van der Waals surface area contributed by atoms with Gasteiger partial charge in [0.05, 0.1) is 15.5 Å². The van der Waals surface area contributed by atoms with Crippen LogP contribution in [-0.4, -0.2) is 35.1 Å². The van der Waals surface area contributed by atoms with Crippen molar-refractivity contribution < 1.29 is 9.59 Å². The minimum Gasteiger partial charge on any atom is -0.356 e. The van der Waals surface area contributed by atoms with Gasteiger partial charge in [0.25, 0.3) is 0 Å².